The number of benzene rings is 1. The monoisotopic (exact) mass is 357 g/mol. The molecule has 1 atom stereocenters. The number of ether oxygens (including phenoxy) is 2. The van der Waals surface area contributed by atoms with Gasteiger partial charge in [-0.25, -0.2) is 4.31 Å². The van der Waals surface area contributed by atoms with Crippen LogP contribution in [0.15, 0.2) is 18.2 Å². The van der Waals surface area contributed by atoms with Crippen LogP contribution in [-0.4, -0.2) is 38.6 Å². The molecule has 134 valence electrons. The number of hydrogen-bond donors (Lipinski definition) is 0. The Labute approximate surface area is 142 Å². The van der Waals surface area contributed by atoms with Gasteiger partial charge in [0.05, 0.1) is 5.41 Å². The Kier molecular flexibility index (Phi) is 5.10. The summed E-state index contributed by atoms with van der Waals surface area (Å²) in [6.45, 7) is 7.86. The van der Waals surface area contributed by atoms with Crippen LogP contribution in [0.1, 0.15) is 39.7 Å². The average Bonchev–Trinajstić information content (AvgIpc) is 2.77. The number of nitrogens with zero attached hydrogens (tertiary/aromatic N) is 1. The van der Waals surface area contributed by atoms with Crippen LogP contribution in [-0.2, 0) is 25.3 Å². The molecule has 24 heavy (non-hydrogen) atoms. The van der Waals surface area contributed by atoms with Gasteiger partial charge in [-0.2, -0.15) is 8.42 Å². The van der Waals surface area contributed by atoms with Crippen LogP contribution < -0.4 is 8.92 Å². The van der Waals surface area contributed by atoms with Crippen molar-refractivity contribution in [3.8, 4) is 11.5 Å². The van der Waals surface area contributed by atoms with E-state index in [4.69, 9.17) is 13.7 Å². The molecule has 1 aliphatic rings. The Morgan fingerprint density at radius 1 is 1.33 bits per heavy atom. The predicted molar refractivity (Wildman–Crippen MR) is 88.1 cm³/mol. The van der Waals surface area contributed by atoms with Gasteiger partial charge in [-0.05, 0) is 39.0 Å². The predicted octanol–water partition coefficient (Wildman–Crippen LogP) is 2.21. The van der Waals surface area contributed by atoms with E-state index in [1.54, 1.807) is 19.1 Å². The number of rotatable bonds is 6. The average molecular weight is 357 g/mol. The number of carbonyl (C=O) groups is 1. The van der Waals surface area contributed by atoms with Crippen molar-refractivity contribution >= 4 is 16.2 Å². The molecule has 0 bridgehead atoms. The summed E-state index contributed by atoms with van der Waals surface area (Å²) in [4.78, 5) is 11.6. The third kappa shape index (κ3) is 3.34. The molecule has 1 heterocycles. The van der Waals surface area contributed by atoms with Crippen molar-refractivity contribution in [3.63, 3.8) is 0 Å². The van der Waals surface area contributed by atoms with Crippen molar-refractivity contribution in [2.24, 2.45) is 0 Å². The lowest BCUT2D eigenvalue weighted by Crippen LogP contribution is -2.36. The summed E-state index contributed by atoms with van der Waals surface area (Å²) in [6.07, 6.45) is -0.381. The molecule has 1 amide bonds. The fourth-order valence-electron chi connectivity index (χ4n) is 2.48. The summed E-state index contributed by atoms with van der Waals surface area (Å²) in [7, 11) is -3.02. The summed E-state index contributed by atoms with van der Waals surface area (Å²) < 4.78 is 41.3. The maximum Gasteiger partial charge on any atom is 0.411 e. The minimum Gasteiger partial charge on any atom is -0.464 e. The second-order valence-corrected chi connectivity index (χ2v) is 7.61. The van der Waals surface area contributed by atoms with Gasteiger partial charge in [0.25, 0.3) is 0 Å². The molecule has 0 radical (unpaired) electrons. The molecule has 0 saturated carbocycles. The highest BCUT2D eigenvalue weighted by atomic mass is 32.2. The fraction of sp³-hybridized carbons (Fsp3) is 0.562. The van der Waals surface area contributed by atoms with Gasteiger partial charge in [-0.3, -0.25) is 4.79 Å². The second-order valence-electron chi connectivity index (χ2n) is 6.04. The highest BCUT2D eigenvalue weighted by Gasteiger charge is 2.42. The van der Waals surface area contributed by atoms with Gasteiger partial charge in [-0.15, -0.1) is 0 Å². The first kappa shape index (κ1) is 18.5. The van der Waals surface area contributed by atoms with E-state index in [-0.39, 0.29) is 12.2 Å². The van der Waals surface area contributed by atoms with Gasteiger partial charge in [-0.1, -0.05) is 6.92 Å². The van der Waals surface area contributed by atoms with E-state index >= 15 is 0 Å². The highest BCUT2D eigenvalue weighted by Crippen LogP contribution is 2.44. The van der Waals surface area contributed by atoms with Gasteiger partial charge < -0.3 is 13.7 Å². The smallest absolute Gasteiger partial charge is 0.411 e. The molecule has 1 unspecified atom stereocenters. The Morgan fingerprint density at radius 3 is 2.58 bits per heavy atom. The summed E-state index contributed by atoms with van der Waals surface area (Å²) in [5.41, 5.74) is 0.331. The van der Waals surface area contributed by atoms with E-state index in [0.717, 1.165) is 5.56 Å². The van der Waals surface area contributed by atoms with Crippen molar-refractivity contribution in [1.29, 1.82) is 0 Å². The maximum atomic E-state index is 12.2. The van der Waals surface area contributed by atoms with Crippen molar-refractivity contribution in [3.05, 3.63) is 23.8 Å². The molecule has 0 N–H and O–H groups in total. The molecular weight excluding hydrogens is 334 g/mol. The molecule has 0 fully saturated rings. The normalized spacial score (nSPS) is 18.6. The van der Waals surface area contributed by atoms with Crippen molar-refractivity contribution in [2.45, 2.75) is 45.8 Å². The summed E-state index contributed by atoms with van der Waals surface area (Å²) in [6, 6.07) is 4.74. The third-order valence-corrected chi connectivity index (χ3v) is 5.25. The zero-order valence-electron chi connectivity index (χ0n) is 14.5. The van der Waals surface area contributed by atoms with Gasteiger partial charge in [0, 0.05) is 25.6 Å². The van der Waals surface area contributed by atoms with E-state index in [1.807, 2.05) is 20.8 Å². The number of amides is 1. The van der Waals surface area contributed by atoms with Gasteiger partial charge in [0.2, 0.25) is 12.2 Å². The first-order chi connectivity index (χ1) is 11.1. The lowest BCUT2D eigenvalue weighted by Gasteiger charge is -2.25. The summed E-state index contributed by atoms with van der Waals surface area (Å²) >= 11 is 0. The second kappa shape index (κ2) is 6.60. The van der Waals surface area contributed by atoms with Crippen molar-refractivity contribution < 1.29 is 26.9 Å². The Balaban J connectivity index is 2.28. The third-order valence-electron chi connectivity index (χ3n) is 3.98. The summed E-state index contributed by atoms with van der Waals surface area (Å²) in [5.74, 6) is 0.204. The van der Waals surface area contributed by atoms with Crippen LogP contribution in [0.2, 0.25) is 0 Å². The molecule has 0 saturated heterocycles. The number of fused-ring (bicyclic) bond motifs is 1. The van der Waals surface area contributed by atoms with Gasteiger partial charge in [0.15, 0.2) is 0 Å². The van der Waals surface area contributed by atoms with E-state index in [2.05, 4.69) is 0 Å². The molecule has 1 aliphatic heterocycles. The Bertz CT molecular complexity index is 728. The van der Waals surface area contributed by atoms with E-state index in [0.29, 0.717) is 16.7 Å². The van der Waals surface area contributed by atoms with E-state index in [9.17, 15) is 13.2 Å². The molecule has 2 rings (SSSR count). The summed E-state index contributed by atoms with van der Waals surface area (Å²) in [5, 5.41) is 0. The number of hydrogen-bond acceptors (Lipinski definition) is 6. The van der Waals surface area contributed by atoms with E-state index < -0.39 is 27.9 Å². The first-order valence-electron chi connectivity index (χ1n) is 7.77. The fourth-order valence-corrected chi connectivity index (χ4v) is 3.31. The minimum atomic E-state index is -4.19. The maximum absolute atomic E-state index is 12.2. The Hall–Kier alpha value is -1.80. The quantitative estimate of drug-likeness (QED) is 0.776. The van der Waals surface area contributed by atoms with Crippen molar-refractivity contribution in [2.75, 3.05) is 13.7 Å². The van der Waals surface area contributed by atoms with Crippen LogP contribution in [0.4, 0.5) is 0 Å². The molecule has 8 heteroatoms. The molecular formula is C16H23NO6S. The largest absolute Gasteiger partial charge is 0.464 e. The molecule has 1 aromatic carbocycles. The van der Waals surface area contributed by atoms with Crippen LogP contribution in [0, 0.1) is 0 Å². The van der Waals surface area contributed by atoms with Crippen LogP contribution in [0.5, 0.6) is 11.5 Å². The lowest BCUT2D eigenvalue weighted by molar-refractivity contribution is -0.125. The topological polar surface area (TPSA) is 82.1 Å². The molecule has 7 nitrogen and oxygen atoms in total. The first-order valence-corrected chi connectivity index (χ1v) is 9.14. The van der Waals surface area contributed by atoms with E-state index in [1.165, 1.54) is 13.1 Å². The standard InChI is InChI=1S/C16H23NO6S/c1-6-14(18)17(5)24(19,20)23-11-8-9-13-12(10-11)16(3,4)15(22-13)21-7-2/h8-10,15H,6-7H2,1-5H3. The minimum absolute atomic E-state index is 0.0696. The van der Waals surface area contributed by atoms with Gasteiger partial charge in [0.1, 0.15) is 11.5 Å². The van der Waals surface area contributed by atoms with Crippen molar-refractivity contribution in [1.82, 2.24) is 4.31 Å². The SMILES string of the molecule is CCOC1Oc2ccc(OS(=O)(=O)N(C)C(=O)CC)cc2C1(C)C. The number of carbonyl (C=O) groups excluding carboxylic acids is 1. The lowest BCUT2D eigenvalue weighted by atomic mass is 9.85. The highest BCUT2D eigenvalue weighted by molar-refractivity contribution is 7.85. The molecule has 0 spiro atoms. The van der Waals surface area contributed by atoms with Crippen LogP contribution in [0.3, 0.4) is 0 Å². The molecule has 0 aliphatic carbocycles. The molecule has 0 aromatic heterocycles. The molecule has 1 aromatic rings. The van der Waals surface area contributed by atoms with Crippen LogP contribution >= 0.6 is 0 Å². The van der Waals surface area contributed by atoms with Crippen LogP contribution in [0.25, 0.3) is 0 Å². The Morgan fingerprint density at radius 2 is 2.00 bits per heavy atom. The zero-order valence-corrected chi connectivity index (χ0v) is 15.3. The zero-order chi connectivity index (χ0) is 18.1. The van der Waals surface area contributed by atoms with Gasteiger partial charge >= 0.3 is 10.3 Å².